The summed E-state index contributed by atoms with van der Waals surface area (Å²) in [5, 5.41) is 10.7. The Morgan fingerprint density at radius 1 is 1.42 bits per heavy atom. The lowest BCUT2D eigenvalue weighted by Gasteiger charge is -2.35. The lowest BCUT2D eigenvalue weighted by molar-refractivity contribution is -0.151. The van der Waals surface area contributed by atoms with Gasteiger partial charge in [-0.2, -0.15) is 0 Å². The van der Waals surface area contributed by atoms with Crippen LogP contribution in [0.15, 0.2) is 23.8 Å². The molecule has 0 radical (unpaired) electrons. The molecule has 0 fully saturated rings. The van der Waals surface area contributed by atoms with E-state index in [1.165, 1.54) is 0 Å². The van der Waals surface area contributed by atoms with Crippen molar-refractivity contribution in [3.05, 3.63) is 23.8 Å². The molecule has 0 unspecified atom stereocenters. The van der Waals surface area contributed by atoms with Gasteiger partial charge < -0.3 is 14.6 Å². The van der Waals surface area contributed by atoms with Crippen molar-refractivity contribution in [2.45, 2.75) is 72.2 Å². The van der Waals surface area contributed by atoms with E-state index in [9.17, 15) is 9.90 Å². The van der Waals surface area contributed by atoms with Crippen molar-refractivity contribution >= 4 is 5.97 Å². The Balaban J connectivity index is 2.74. The number of cyclic esters (lactones) is 1. The molecule has 0 aromatic carbocycles. The van der Waals surface area contributed by atoms with E-state index >= 15 is 0 Å². The van der Waals surface area contributed by atoms with E-state index in [2.05, 4.69) is 19.9 Å². The van der Waals surface area contributed by atoms with Crippen LogP contribution in [0.4, 0.5) is 0 Å². The third-order valence-corrected chi connectivity index (χ3v) is 5.17. The highest BCUT2D eigenvalue weighted by atomic mass is 16.5. The Morgan fingerprint density at radius 2 is 2.08 bits per heavy atom. The quantitative estimate of drug-likeness (QED) is 0.512. The van der Waals surface area contributed by atoms with Crippen molar-refractivity contribution < 1.29 is 19.4 Å². The number of aliphatic hydroxyl groups is 1. The summed E-state index contributed by atoms with van der Waals surface area (Å²) in [7, 11) is 1.70. The fourth-order valence-corrected chi connectivity index (χ4v) is 3.54. The lowest BCUT2D eigenvalue weighted by Crippen LogP contribution is -2.40. The van der Waals surface area contributed by atoms with Gasteiger partial charge in [-0.05, 0) is 32.6 Å². The van der Waals surface area contributed by atoms with Gasteiger partial charge in [0.2, 0.25) is 0 Å². The molecule has 138 valence electrons. The van der Waals surface area contributed by atoms with Crippen LogP contribution in [0.2, 0.25) is 0 Å². The van der Waals surface area contributed by atoms with Gasteiger partial charge in [0.15, 0.2) is 0 Å². The topological polar surface area (TPSA) is 55.8 Å². The van der Waals surface area contributed by atoms with Crippen molar-refractivity contribution in [1.82, 2.24) is 0 Å². The minimum Gasteiger partial charge on any atom is -0.458 e. The molecule has 0 amide bonds. The Hall–Kier alpha value is -1.13. The SMILES string of the molecule is C/C=C/C[C@H](C)[C@@H](OC)[C@@H](C)[C@H](O)C[C@H]1OC(=O)C(C)=C[C@H]1CC. The molecule has 0 saturated carbocycles. The summed E-state index contributed by atoms with van der Waals surface area (Å²) in [6, 6.07) is 0. The second kappa shape index (κ2) is 10.00. The van der Waals surface area contributed by atoms with Crippen molar-refractivity contribution in [3.63, 3.8) is 0 Å². The summed E-state index contributed by atoms with van der Waals surface area (Å²) in [4.78, 5) is 11.8. The number of aliphatic hydroxyl groups excluding tert-OH is 1. The molecule has 0 bridgehead atoms. The molecule has 24 heavy (non-hydrogen) atoms. The first kappa shape index (κ1) is 20.9. The highest BCUT2D eigenvalue weighted by molar-refractivity contribution is 5.88. The van der Waals surface area contributed by atoms with Crippen LogP contribution in [-0.4, -0.2) is 36.5 Å². The molecule has 1 heterocycles. The van der Waals surface area contributed by atoms with Gasteiger partial charge in [0.1, 0.15) is 6.10 Å². The first-order valence-electron chi connectivity index (χ1n) is 9.07. The van der Waals surface area contributed by atoms with Gasteiger partial charge in [0.05, 0.1) is 12.2 Å². The summed E-state index contributed by atoms with van der Waals surface area (Å²) in [6.07, 6.45) is 7.54. The molecule has 1 rings (SSSR count). The summed E-state index contributed by atoms with van der Waals surface area (Å²) in [5.41, 5.74) is 0.662. The third kappa shape index (κ3) is 5.45. The maximum atomic E-state index is 11.8. The predicted octanol–water partition coefficient (Wildman–Crippen LogP) is 3.89. The van der Waals surface area contributed by atoms with Crippen molar-refractivity contribution in [3.8, 4) is 0 Å². The molecule has 0 saturated heterocycles. The zero-order valence-electron chi connectivity index (χ0n) is 16.0. The second-order valence-corrected chi connectivity index (χ2v) is 7.01. The Labute approximate surface area is 146 Å². The van der Waals surface area contributed by atoms with E-state index in [4.69, 9.17) is 9.47 Å². The molecule has 4 heteroatoms. The highest BCUT2D eigenvalue weighted by Crippen LogP contribution is 2.30. The van der Waals surface area contributed by atoms with Crippen LogP contribution in [0.1, 0.15) is 53.9 Å². The lowest BCUT2D eigenvalue weighted by atomic mass is 9.82. The number of carbonyl (C=O) groups excluding carboxylic acids is 1. The fraction of sp³-hybridized carbons (Fsp3) is 0.750. The van der Waals surface area contributed by atoms with Crippen LogP contribution in [-0.2, 0) is 14.3 Å². The molecular formula is C20H34O4. The number of carbonyl (C=O) groups is 1. The minimum atomic E-state index is -0.568. The number of allylic oxidation sites excluding steroid dienone is 2. The average molecular weight is 338 g/mol. The van der Waals surface area contributed by atoms with Gasteiger partial charge in [0, 0.05) is 30.9 Å². The van der Waals surface area contributed by atoms with Gasteiger partial charge >= 0.3 is 5.97 Å². The van der Waals surface area contributed by atoms with Crippen molar-refractivity contribution in [2.24, 2.45) is 17.8 Å². The average Bonchev–Trinajstić information content (AvgIpc) is 2.56. The Morgan fingerprint density at radius 3 is 2.62 bits per heavy atom. The van der Waals surface area contributed by atoms with Crippen LogP contribution < -0.4 is 0 Å². The summed E-state index contributed by atoms with van der Waals surface area (Å²) < 4.78 is 11.2. The van der Waals surface area contributed by atoms with Gasteiger partial charge in [0.25, 0.3) is 0 Å². The van der Waals surface area contributed by atoms with Crippen molar-refractivity contribution in [2.75, 3.05) is 7.11 Å². The molecule has 0 aliphatic carbocycles. The first-order chi connectivity index (χ1) is 11.3. The smallest absolute Gasteiger partial charge is 0.333 e. The normalized spacial score (nSPS) is 26.6. The molecule has 0 spiro atoms. The van der Waals surface area contributed by atoms with Crippen LogP contribution >= 0.6 is 0 Å². The summed E-state index contributed by atoms with van der Waals surface area (Å²) in [5.74, 6) is 0.188. The van der Waals surface area contributed by atoms with Gasteiger partial charge in [-0.1, -0.05) is 39.0 Å². The molecule has 0 aromatic heterocycles. The zero-order valence-corrected chi connectivity index (χ0v) is 16.0. The van der Waals surface area contributed by atoms with Gasteiger partial charge in [-0.15, -0.1) is 0 Å². The minimum absolute atomic E-state index is 0.0292. The number of hydrogen-bond acceptors (Lipinski definition) is 4. The fourth-order valence-electron chi connectivity index (χ4n) is 3.54. The molecule has 1 aliphatic heterocycles. The largest absolute Gasteiger partial charge is 0.458 e. The van der Waals surface area contributed by atoms with E-state index in [-0.39, 0.29) is 30.0 Å². The third-order valence-electron chi connectivity index (χ3n) is 5.17. The van der Waals surface area contributed by atoms with E-state index in [1.54, 1.807) is 14.0 Å². The Kier molecular flexibility index (Phi) is 8.71. The number of esters is 1. The standard InChI is InChI=1S/C20H34O4/c1-7-9-10-13(3)19(23-6)15(5)17(21)12-18-16(8-2)11-14(4)20(22)24-18/h7,9,11,13,15-19,21H,8,10,12H2,1-6H3/b9-7+/t13-,15-,16+,17+,18+,19+/m0/s1. The van der Waals surface area contributed by atoms with Crippen LogP contribution in [0, 0.1) is 17.8 Å². The number of rotatable bonds is 9. The maximum Gasteiger partial charge on any atom is 0.333 e. The Bertz CT molecular complexity index is 455. The summed E-state index contributed by atoms with van der Waals surface area (Å²) in [6.45, 7) is 10.0. The van der Waals surface area contributed by atoms with E-state index in [1.807, 2.05) is 26.0 Å². The van der Waals surface area contributed by atoms with E-state index < -0.39 is 6.10 Å². The van der Waals surface area contributed by atoms with Gasteiger partial charge in [-0.25, -0.2) is 4.79 Å². The molecule has 1 aliphatic rings. The number of ether oxygens (including phenoxy) is 2. The molecular weight excluding hydrogens is 304 g/mol. The molecule has 6 atom stereocenters. The number of hydrogen-bond donors (Lipinski definition) is 1. The van der Waals surface area contributed by atoms with Crippen LogP contribution in [0.5, 0.6) is 0 Å². The highest BCUT2D eigenvalue weighted by Gasteiger charge is 2.35. The first-order valence-corrected chi connectivity index (χ1v) is 9.07. The van der Waals surface area contributed by atoms with Gasteiger partial charge in [-0.3, -0.25) is 0 Å². The predicted molar refractivity (Wildman–Crippen MR) is 96.6 cm³/mol. The monoisotopic (exact) mass is 338 g/mol. The van der Waals surface area contributed by atoms with E-state index in [0.717, 1.165) is 12.8 Å². The van der Waals surface area contributed by atoms with Crippen LogP contribution in [0.25, 0.3) is 0 Å². The molecule has 0 aromatic rings. The van der Waals surface area contributed by atoms with Crippen molar-refractivity contribution in [1.29, 1.82) is 0 Å². The summed E-state index contributed by atoms with van der Waals surface area (Å²) >= 11 is 0. The molecule has 1 N–H and O–H groups in total. The zero-order chi connectivity index (χ0) is 18.3. The van der Waals surface area contributed by atoms with E-state index in [0.29, 0.717) is 17.9 Å². The number of methoxy groups -OCH3 is 1. The van der Waals surface area contributed by atoms with Crippen LogP contribution in [0.3, 0.4) is 0 Å². The second-order valence-electron chi connectivity index (χ2n) is 7.01. The maximum absolute atomic E-state index is 11.8. The molecule has 4 nitrogen and oxygen atoms in total.